The number of carbonyl (C=O) groups excluding carboxylic acids is 1. The van der Waals surface area contributed by atoms with Gasteiger partial charge in [0.25, 0.3) is 0 Å². The SMILES string of the molecule is CO.COC(=O)c1ccc(Br)cc1O.O=C(O)c1ccc(Br)cc1O. The molecular formula is C16H16Br2O7. The highest BCUT2D eigenvalue weighted by molar-refractivity contribution is 9.10. The van der Waals surface area contributed by atoms with E-state index in [9.17, 15) is 14.7 Å². The van der Waals surface area contributed by atoms with Crippen molar-refractivity contribution in [2.45, 2.75) is 0 Å². The summed E-state index contributed by atoms with van der Waals surface area (Å²) in [5, 5.41) is 33.8. The highest BCUT2D eigenvalue weighted by Gasteiger charge is 2.10. The summed E-state index contributed by atoms with van der Waals surface area (Å²) < 4.78 is 5.81. The Balaban J connectivity index is 0.000000421. The van der Waals surface area contributed by atoms with Crippen molar-refractivity contribution in [2.24, 2.45) is 0 Å². The van der Waals surface area contributed by atoms with E-state index in [0.29, 0.717) is 8.95 Å². The molecule has 0 aliphatic heterocycles. The zero-order valence-electron chi connectivity index (χ0n) is 13.2. The maximum Gasteiger partial charge on any atom is 0.341 e. The Labute approximate surface area is 160 Å². The molecule has 0 spiro atoms. The molecule has 0 fully saturated rings. The third-order valence-electron chi connectivity index (χ3n) is 2.56. The normalized spacial score (nSPS) is 9.00. The number of benzene rings is 2. The molecule has 25 heavy (non-hydrogen) atoms. The molecule has 0 radical (unpaired) electrons. The molecule has 7 nitrogen and oxygen atoms in total. The summed E-state index contributed by atoms with van der Waals surface area (Å²) in [5.41, 5.74) is 0.0777. The lowest BCUT2D eigenvalue weighted by atomic mass is 10.2. The second-order valence-electron chi connectivity index (χ2n) is 4.12. The van der Waals surface area contributed by atoms with Gasteiger partial charge in [0.1, 0.15) is 22.6 Å². The fraction of sp³-hybridized carbons (Fsp3) is 0.125. The quantitative estimate of drug-likeness (QED) is 0.486. The Kier molecular flexibility index (Phi) is 10.5. The van der Waals surface area contributed by atoms with E-state index in [1.54, 1.807) is 12.1 Å². The van der Waals surface area contributed by atoms with Gasteiger partial charge >= 0.3 is 11.9 Å². The molecule has 0 aromatic heterocycles. The number of phenols is 2. The largest absolute Gasteiger partial charge is 0.507 e. The van der Waals surface area contributed by atoms with Crippen molar-refractivity contribution in [3.05, 3.63) is 56.5 Å². The van der Waals surface area contributed by atoms with Crippen LogP contribution in [0.4, 0.5) is 0 Å². The van der Waals surface area contributed by atoms with Crippen molar-refractivity contribution >= 4 is 43.8 Å². The summed E-state index contributed by atoms with van der Waals surface area (Å²) in [6.07, 6.45) is 0. The molecule has 0 saturated carbocycles. The molecule has 0 atom stereocenters. The lowest BCUT2D eigenvalue weighted by Gasteiger charge is -2.01. The Bertz CT molecular complexity index is 732. The van der Waals surface area contributed by atoms with Crippen LogP contribution >= 0.6 is 31.9 Å². The molecule has 2 aromatic carbocycles. The van der Waals surface area contributed by atoms with E-state index in [2.05, 4.69) is 36.6 Å². The van der Waals surface area contributed by atoms with Gasteiger partial charge in [-0.25, -0.2) is 9.59 Å². The Morgan fingerprint density at radius 1 is 0.880 bits per heavy atom. The van der Waals surface area contributed by atoms with E-state index < -0.39 is 11.9 Å². The fourth-order valence-corrected chi connectivity index (χ4v) is 2.17. The molecule has 2 rings (SSSR count). The maximum absolute atomic E-state index is 10.9. The number of hydrogen-bond donors (Lipinski definition) is 4. The van der Waals surface area contributed by atoms with Gasteiger partial charge in [-0.05, 0) is 36.4 Å². The van der Waals surface area contributed by atoms with Crippen LogP contribution in [-0.2, 0) is 4.74 Å². The van der Waals surface area contributed by atoms with Crippen LogP contribution in [0, 0.1) is 0 Å². The predicted molar refractivity (Wildman–Crippen MR) is 98.1 cm³/mol. The summed E-state index contributed by atoms with van der Waals surface area (Å²) in [6, 6.07) is 8.82. The average Bonchev–Trinajstić information content (AvgIpc) is 2.56. The number of hydrogen-bond acceptors (Lipinski definition) is 6. The third kappa shape index (κ3) is 7.55. The first-order valence-corrected chi connectivity index (χ1v) is 8.08. The van der Waals surface area contributed by atoms with Crippen molar-refractivity contribution < 1.29 is 34.8 Å². The summed E-state index contributed by atoms with van der Waals surface area (Å²) in [7, 11) is 2.27. The number of carboxylic acid groups (broad SMARTS) is 1. The molecule has 136 valence electrons. The summed E-state index contributed by atoms with van der Waals surface area (Å²) in [5.74, 6) is -1.99. The number of methoxy groups -OCH3 is 1. The second kappa shape index (κ2) is 11.5. The van der Waals surface area contributed by atoms with Crippen molar-refractivity contribution in [3.63, 3.8) is 0 Å². The second-order valence-corrected chi connectivity index (χ2v) is 5.95. The molecule has 0 aliphatic rings. The number of aromatic carboxylic acids is 1. The molecule has 0 unspecified atom stereocenters. The molecule has 0 heterocycles. The number of aliphatic hydroxyl groups excluding tert-OH is 1. The van der Waals surface area contributed by atoms with E-state index in [0.717, 1.165) is 7.11 Å². The fourth-order valence-electron chi connectivity index (χ4n) is 1.47. The Hall–Kier alpha value is -2.10. The number of carbonyl (C=O) groups is 2. The number of ether oxygens (including phenoxy) is 1. The van der Waals surface area contributed by atoms with Crippen LogP contribution in [0.15, 0.2) is 45.3 Å². The molecule has 0 saturated heterocycles. The zero-order valence-corrected chi connectivity index (χ0v) is 16.4. The first-order valence-electron chi connectivity index (χ1n) is 6.49. The summed E-state index contributed by atoms with van der Waals surface area (Å²) >= 11 is 6.25. The van der Waals surface area contributed by atoms with Gasteiger partial charge in [0, 0.05) is 16.1 Å². The Morgan fingerprint density at radius 3 is 1.60 bits per heavy atom. The van der Waals surface area contributed by atoms with Crippen LogP contribution < -0.4 is 0 Å². The van der Waals surface area contributed by atoms with Crippen LogP contribution in [0.5, 0.6) is 11.5 Å². The van der Waals surface area contributed by atoms with E-state index in [1.165, 1.54) is 31.4 Å². The van der Waals surface area contributed by atoms with E-state index >= 15 is 0 Å². The summed E-state index contributed by atoms with van der Waals surface area (Å²) in [6.45, 7) is 0. The van der Waals surface area contributed by atoms with Crippen molar-refractivity contribution in [2.75, 3.05) is 14.2 Å². The minimum atomic E-state index is -1.13. The van der Waals surface area contributed by atoms with Crippen molar-refractivity contribution in [1.29, 1.82) is 0 Å². The highest BCUT2D eigenvalue weighted by atomic mass is 79.9. The van der Waals surface area contributed by atoms with E-state index in [4.69, 9.17) is 15.3 Å². The highest BCUT2D eigenvalue weighted by Crippen LogP contribution is 2.23. The van der Waals surface area contributed by atoms with Crippen molar-refractivity contribution in [1.82, 2.24) is 0 Å². The van der Waals surface area contributed by atoms with Gasteiger partial charge in [0.05, 0.1) is 7.11 Å². The number of carboxylic acids is 1. The predicted octanol–water partition coefficient (Wildman–Crippen LogP) is 3.40. The van der Waals surface area contributed by atoms with Gasteiger partial charge in [0.2, 0.25) is 0 Å². The molecule has 2 aromatic rings. The Morgan fingerprint density at radius 2 is 1.28 bits per heavy atom. The van der Waals surface area contributed by atoms with Crippen LogP contribution in [-0.4, -0.2) is 46.6 Å². The number of aliphatic hydroxyl groups is 1. The molecule has 0 amide bonds. The van der Waals surface area contributed by atoms with E-state index in [1.807, 2.05) is 0 Å². The van der Waals surface area contributed by atoms with Crippen LogP contribution in [0.25, 0.3) is 0 Å². The van der Waals surface area contributed by atoms with Gasteiger partial charge in [0.15, 0.2) is 0 Å². The topological polar surface area (TPSA) is 124 Å². The first-order chi connectivity index (χ1) is 11.8. The van der Waals surface area contributed by atoms with Crippen LogP contribution in [0.3, 0.4) is 0 Å². The minimum absolute atomic E-state index is 0.0868. The molecule has 0 bridgehead atoms. The maximum atomic E-state index is 10.9. The molecule has 9 heteroatoms. The monoisotopic (exact) mass is 478 g/mol. The lowest BCUT2D eigenvalue weighted by Crippen LogP contribution is -2.00. The van der Waals surface area contributed by atoms with Gasteiger partial charge < -0.3 is 25.2 Å². The van der Waals surface area contributed by atoms with Gasteiger partial charge in [-0.2, -0.15) is 0 Å². The lowest BCUT2D eigenvalue weighted by molar-refractivity contribution is 0.0596. The zero-order chi connectivity index (χ0) is 19.6. The first kappa shape index (κ1) is 22.9. The van der Waals surface area contributed by atoms with Gasteiger partial charge in [-0.15, -0.1) is 0 Å². The number of rotatable bonds is 2. The standard InChI is InChI=1S/C8H7BrO3.C7H5BrO3.CH4O/c1-12-8(11)6-3-2-5(9)4-7(6)10;8-4-1-2-5(7(10)11)6(9)3-4;1-2/h2-4,10H,1H3;1-3,9H,(H,10,11);2H,1H3. The van der Waals surface area contributed by atoms with Crippen molar-refractivity contribution in [3.8, 4) is 11.5 Å². The third-order valence-corrected chi connectivity index (χ3v) is 3.54. The molecule has 0 aliphatic carbocycles. The number of aromatic hydroxyl groups is 2. The smallest absolute Gasteiger partial charge is 0.341 e. The minimum Gasteiger partial charge on any atom is -0.507 e. The average molecular weight is 480 g/mol. The van der Waals surface area contributed by atoms with Crippen LogP contribution in [0.1, 0.15) is 20.7 Å². The van der Waals surface area contributed by atoms with E-state index in [-0.39, 0.29) is 22.6 Å². The molecular weight excluding hydrogens is 464 g/mol. The molecule has 4 N–H and O–H groups in total. The number of halogens is 2. The summed E-state index contributed by atoms with van der Waals surface area (Å²) in [4.78, 5) is 21.3. The number of esters is 1. The van der Waals surface area contributed by atoms with Gasteiger partial charge in [-0.1, -0.05) is 31.9 Å². The number of phenolic OH excluding ortho intramolecular Hbond substituents is 1. The van der Waals surface area contributed by atoms with Crippen LogP contribution in [0.2, 0.25) is 0 Å². The van der Waals surface area contributed by atoms with Gasteiger partial charge in [-0.3, -0.25) is 0 Å².